The Labute approximate surface area is 118 Å². The Hall–Kier alpha value is -2.24. The molecule has 1 aromatic rings. The zero-order valence-corrected chi connectivity index (χ0v) is 11.8. The summed E-state index contributed by atoms with van der Waals surface area (Å²) >= 11 is 0. The molecule has 0 spiro atoms. The molecule has 2 amide bonds. The molecule has 0 radical (unpaired) electrons. The molecule has 1 aromatic carbocycles. The molecule has 0 aliphatic rings. The van der Waals surface area contributed by atoms with Crippen LogP contribution in [0.2, 0.25) is 0 Å². The van der Waals surface area contributed by atoms with Crippen LogP contribution in [0.15, 0.2) is 24.3 Å². The quantitative estimate of drug-likeness (QED) is 0.637. The predicted octanol–water partition coefficient (Wildman–Crippen LogP) is 0.664. The number of primary amides is 1. The average molecular weight is 279 g/mol. The first-order valence-corrected chi connectivity index (χ1v) is 6.47. The van der Waals surface area contributed by atoms with Crippen molar-refractivity contribution < 1.29 is 14.3 Å². The third-order valence-corrected chi connectivity index (χ3v) is 2.77. The van der Waals surface area contributed by atoms with Crippen molar-refractivity contribution in [2.24, 2.45) is 11.7 Å². The number of amides is 2. The van der Waals surface area contributed by atoms with Crippen molar-refractivity contribution in [3.05, 3.63) is 24.3 Å². The van der Waals surface area contributed by atoms with Crippen molar-refractivity contribution in [1.82, 2.24) is 5.32 Å². The maximum absolute atomic E-state index is 11.7. The van der Waals surface area contributed by atoms with E-state index in [-0.39, 0.29) is 24.9 Å². The number of carbonyl (C=O) groups excluding carboxylic acids is 2. The largest absolute Gasteiger partial charge is 0.493 e. The summed E-state index contributed by atoms with van der Waals surface area (Å²) in [6.07, 6.45) is 0.154. The third kappa shape index (κ3) is 5.17. The Morgan fingerprint density at radius 1 is 1.25 bits per heavy atom. The van der Waals surface area contributed by atoms with E-state index in [4.69, 9.17) is 16.2 Å². The zero-order valence-electron chi connectivity index (χ0n) is 11.8. The van der Waals surface area contributed by atoms with E-state index in [0.717, 1.165) is 0 Å². The monoisotopic (exact) mass is 279 g/mol. The number of carbonyl (C=O) groups is 2. The Balaban J connectivity index is 2.36. The predicted molar refractivity (Wildman–Crippen MR) is 76.9 cm³/mol. The number of benzene rings is 1. The lowest BCUT2D eigenvalue weighted by atomic mass is 10.0. The topological polar surface area (TPSA) is 107 Å². The first kappa shape index (κ1) is 15.8. The number of hydrogen-bond donors (Lipinski definition) is 3. The minimum absolute atomic E-state index is 0.0468. The van der Waals surface area contributed by atoms with E-state index in [9.17, 15) is 9.59 Å². The van der Waals surface area contributed by atoms with Crippen molar-refractivity contribution in [2.75, 3.05) is 12.3 Å². The molecule has 0 heterocycles. The molecule has 20 heavy (non-hydrogen) atoms. The van der Waals surface area contributed by atoms with Crippen LogP contribution in [-0.4, -0.2) is 24.5 Å². The van der Waals surface area contributed by atoms with Crippen LogP contribution < -0.4 is 21.5 Å². The normalized spacial score (nSPS) is 11.9. The van der Waals surface area contributed by atoms with E-state index in [1.54, 1.807) is 24.3 Å². The van der Waals surface area contributed by atoms with Gasteiger partial charge in [-0.15, -0.1) is 0 Å². The molecule has 6 nitrogen and oxygen atoms in total. The van der Waals surface area contributed by atoms with Crippen LogP contribution >= 0.6 is 0 Å². The Kier molecular flexibility index (Phi) is 5.83. The Morgan fingerprint density at radius 3 is 2.35 bits per heavy atom. The summed E-state index contributed by atoms with van der Waals surface area (Å²) < 4.78 is 5.40. The van der Waals surface area contributed by atoms with E-state index in [1.807, 2.05) is 13.8 Å². The second-order valence-electron chi connectivity index (χ2n) is 4.86. The highest BCUT2D eigenvalue weighted by Crippen LogP contribution is 2.13. The van der Waals surface area contributed by atoms with Crippen molar-refractivity contribution in [1.29, 1.82) is 0 Å². The van der Waals surface area contributed by atoms with E-state index in [0.29, 0.717) is 11.4 Å². The van der Waals surface area contributed by atoms with Gasteiger partial charge in [-0.3, -0.25) is 9.59 Å². The van der Waals surface area contributed by atoms with Crippen LogP contribution in [0.1, 0.15) is 20.3 Å². The molecular formula is C14H21N3O3. The molecule has 0 saturated carbocycles. The molecule has 1 unspecified atom stereocenters. The summed E-state index contributed by atoms with van der Waals surface area (Å²) in [6, 6.07) is 6.24. The average Bonchev–Trinajstić information content (AvgIpc) is 2.37. The van der Waals surface area contributed by atoms with Gasteiger partial charge in [-0.25, -0.2) is 0 Å². The molecule has 6 heteroatoms. The van der Waals surface area contributed by atoms with Crippen molar-refractivity contribution in [3.8, 4) is 5.75 Å². The van der Waals surface area contributed by atoms with Crippen LogP contribution in [0, 0.1) is 5.92 Å². The maximum Gasteiger partial charge on any atom is 0.240 e. The van der Waals surface area contributed by atoms with Crippen molar-refractivity contribution in [2.45, 2.75) is 26.3 Å². The summed E-state index contributed by atoms with van der Waals surface area (Å²) in [5.41, 5.74) is 11.4. The number of rotatable bonds is 7. The lowest BCUT2D eigenvalue weighted by Gasteiger charge is -2.18. The lowest BCUT2D eigenvalue weighted by molar-refractivity contribution is -0.128. The molecule has 110 valence electrons. The van der Waals surface area contributed by atoms with Gasteiger partial charge in [-0.05, 0) is 30.2 Å². The second-order valence-corrected chi connectivity index (χ2v) is 4.86. The van der Waals surface area contributed by atoms with Gasteiger partial charge in [0.05, 0.1) is 13.0 Å². The highest BCUT2D eigenvalue weighted by Gasteiger charge is 2.21. The van der Waals surface area contributed by atoms with E-state index in [2.05, 4.69) is 5.32 Å². The Morgan fingerprint density at radius 2 is 1.85 bits per heavy atom. The highest BCUT2D eigenvalue weighted by atomic mass is 16.5. The van der Waals surface area contributed by atoms with E-state index in [1.165, 1.54) is 0 Å². The molecule has 0 fully saturated rings. The molecule has 0 bridgehead atoms. The summed E-state index contributed by atoms with van der Waals surface area (Å²) in [6.45, 7) is 3.86. The van der Waals surface area contributed by atoms with Crippen molar-refractivity contribution >= 4 is 17.5 Å². The number of nitrogen functional groups attached to an aromatic ring is 1. The molecule has 5 N–H and O–H groups in total. The summed E-state index contributed by atoms with van der Waals surface area (Å²) in [5, 5.41) is 2.60. The number of hydrogen-bond acceptors (Lipinski definition) is 4. The first-order valence-electron chi connectivity index (χ1n) is 6.47. The number of anilines is 1. The molecule has 0 aliphatic carbocycles. The fraction of sp³-hybridized carbons (Fsp3) is 0.429. The van der Waals surface area contributed by atoms with Gasteiger partial charge in [-0.2, -0.15) is 0 Å². The first-order chi connectivity index (χ1) is 9.40. The number of ether oxygens (including phenoxy) is 1. The minimum atomic E-state index is -0.654. The fourth-order valence-electron chi connectivity index (χ4n) is 1.64. The lowest BCUT2D eigenvalue weighted by Crippen LogP contribution is -2.47. The summed E-state index contributed by atoms with van der Waals surface area (Å²) in [5.74, 6) is -0.206. The summed E-state index contributed by atoms with van der Waals surface area (Å²) in [4.78, 5) is 22.9. The fourth-order valence-corrected chi connectivity index (χ4v) is 1.64. The van der Waals surface area contributed by atoms with E-state index < -0.39 is 11.9 Å². The SMILES string of the molecule is CC(C)C(NC(=O)CCOc1ccc(N)cc1)C(N)=O. The van der Waals surface area contributed by atoms with Gasteiger partial charge in [-0.1, -0.05) is 13.8 Å². The second kappa shape index (κ2) is 7.37. The molecule has 0 aliphatic heterocycles. The van der Waals surface area contributed by atoms with Crippen LogP contribution in [0.25, 0.3) is 0 Å². The third-order valence-electron chi connectivity index (χ3n) is 2.77. The molecule has 0 aromatic heterocycles. The van der Waals surface area contributed by atoms with Crippen molar-refractivity contribution in [3.63, 3.8) is 0 Å². The van der Waals surface area contributed by atoms with Crippen LogP contribution in [0.3, 0.4) is 0 Å². The van der Waals surface area contributed by atoms with E-state index >= 15 is 0 Å². The minimum Gasteiger partial charge on any atom is -0.493 e. The van der Waals surface area contributed by atoms with Crippen LogP contribution in [0.4, 0.5) is 5.69 Å². The molecule has 1 rings (SSSR count). The maximum atomic E-state index is 11.7. The van der Waals surface area contributed by atoms with Gasteiger partial charge in [0.15, 0.2) is 0 Å². The molecule has 1 atom stereocenters. The molecular weight excluding hydrogens is 258 g/mol. The van der Waals surface area contributed by atoms with Crippen LogP contribution in [0.5, 0.6) is 5.75 Å². The smallest absolute Gasteiger partial charge is 0.240 e. The van der Waals surface area contributed by atoms with Gasteiger partial charge in [0.25, 0.3) is 0 Å². The van der Waals surface area contributed by atoms with Gasteiger partial charge in [0.2, 0.25) is 11.8 Å². The summed E-state index contributed by atoms with van der Waals surface area (Å²) in [7, 11) is 0. The molecule has 0 saturated heterocycles. The highest BCUT2D eigenvalue weighted by molar-refractivity contribution is 5.86. The van der Waals surface area contributed by atoms with Gasteiger partial charge < -0.3 is 21.5 Å². The van der Waals surface area contributed by atoms with Gasteiger partial charge in [0.1, 0.15) is 11.8 Å². The Bertz CT molecular complexity index is 457. The standard InChI is InChI=1S/C14H21N3O3/c1-9(2)13(14(16)19)17-12(18)7-8-20-11-5-3-10(15)4-6-11/h3-6,9,13H,7-8,15H2,1-2H3,(H2,16,19)(H,17,18). The van der Waals surface area contributed by atoms with Gasteiger partial charge in [0, 0.05) is 5.69 Å². The van der Waals surface area contributed by atoms with Gasteiger partial charge >= 0.3 is 0 Å². The number of nitrogens with one attached hydrogen (secondary N) is 1. The number of nitrogens with two attached hydrogens (primary N) is 2. The zero-order chi connectivity index (χ0) is 15.1. The van der Waals surface area contributed by atoms with Crippen LogP contribution in [-0.2, 0) is 9.59 Å².